The van der Waals surface area contributed by atoms with Crippen molar-refractivity contribution >= 4 is 22.7 Å². The van der Waals surface area contributed by atoms with Crippen LogP contribution in [0.3, 0.4) is 0 Å². The lowest BCUT2D eigenvalue weighted by molar-refractivity contribution is 0.475. The van der Waals surface area contributed by atoms with Gasteiger partial charge in [-0.05, 0) is 80.5 Å². The van der Waals surface area contributed by atoms with E-state index in [0.29, 0.717) is 34.2 Å². The summed E-state index contributed by atoms with van der Waals surface area (Å²) in [4.78, 5) is 22.6. The maximum absolute atomic E-state index is 13.4. The summed E-state index contributed by atoms with van der Waals surface area (Å²) in [7, 11) is 0. The molecule has 0 spiro atoms. The van der Waals surface area contributed by atoms with Crippen molar-refractivity contribution in [1.29, 1.82) is 5.26 Å². The second-order valence-electron chi connectivity index (χ2n) is 9.65. The molecule has 2 aromatic carbocycles. The van der Waals surface area contributed by atoms with Crippen molar-refractivity contribution in [1.82, 2.24) is 24.6 Å². The summed E-state index contributed by atoms with van der Waals surface area (Å²) in [5, 5.41) is 17.2. The molecular formula is C27H27N7O. The molecule has 8 heteroatoms. The third kappa shape index (κ3) is 3.69. The SMILES string of the molecule is CC(C)n1c(=O)c2cnc(Nc3ccc4c(c3)CCNC4)nc2n1-c1cccc(C2CC2)c1C#N. The van der Waals surface area contributed by atoms with Gasteiger partial charge >= 0.3 is 0 Å². The highest BCUT2D eigenvalue weighted by Gasteiger charge is 2.29. The molecule has 176 valence electrons. The molecule has 1 saturated carbocycles. The van der Waals surface area contributed by atoms with Gasteiger partial charge in [-0.15, -0.1) is 0 Å². The lowest BCUT2D eigenvalue weighted by atomic mass is 10.0. The van der Waals surface area contributed by atoms with E-state index in [1.165, 1.54) is 11.1 Å². The molecule has 1 aliphatic carbocycles. The number of hydrogen-bond acceptors (Lipinski definition) is 6. The van der Waals surface area contributed by atoms with Gasteiger partial charge in [0.05, 0.1) is 11.3 Å². The second kappa shape index (κ2) is 8.36. The van der Waals surface area contributed by atoms with Crippen molar-refractivity contribution in [2.24, 2.45) is 0 Å². The van der Waals surface area contributed by atoms with E-state index in [9.17, 15) is 10.1 Å². The number of nitrogens with one attached hydrogen (secondary N) is 2. The average Bonchev–Trinajstić information content (AvgIpc) is 3.67. The number of nitriles is 1. The topological polar surface area (TPSA) is 101 Å². The van der Waals surface area contributed by atoms with Crippen molar-refractivity contribution in [3.63, 3.8) is 0 Å². The van der Waals surface area contributed by atoms with Crippen molar-refractivity contribution in [2.75, 3.05) is 11.9 Å². The van der Waals surface area contributed by atoms with Crippen LogP contribution in [0.15, 0.2) is 47.4 Å². The number of nitrogens with zero attached hydrogens (tertiary/aromatic N) is 5. The number of fused-ring (bicyclic) bond motifs is 2. The Hall–Kier alpha value is -3.96. The minimum Gasteiger partial charge on any atom is -0.324 e. The Balaban J connectivity index is 1.50. The van der Waals surface area contributed by atoms with Gasteiger partial charge in [0.1, 0.15) is 11.5 Å². The zero-order valence-corrected chi connectivity index (χ0v) is 19.9. The Morgan fingerprint density at radius 2 is 2.06 bits per heavy atom. The van der Waals surface area contributed by atoms with E-state index in [4.69, 9.17) is 4.98 Å². The summed E-state index contributed by atoms with van der Waals surface area (Å²) in [6.45, 7) is 5.77. The molecule has 0 bridgehead atoms. The zero-order chi connectivity index (χ0) is 24.1. The quantitative estimate of drug-likeness (QED) is 0.456. The minimum absolute atomic E-state index is 0.126. The van der Waals surface area contributed by atoms with E-state index >= 15 is 0 Å². The third-order valence-corrected chi connectivity index (χ3v) is 6.89. The Bertz CT molecular complexity index is 1550. The normalized spacial score (nSPS) is 15.3. The standard InChI is InChI=1S/C27H27N7O/c1-16(2)33-26(35)23-15-30-27(31-20-9-8-19-14-29-11-10-18(19)12-20)32-25(23)34(33)24-5-3-4-21(17-6-7-17)22(24)13-28/h3-5,8-9,12,15-17,29H,6-7,10-11,14H2,1-2H3,(H,30,31,32). The van der Waals surface area contributed by atoms with Gasteiger partial charge in [-0.2, -0.15) is 10.2 Å². The maximum Gasteiger partial charge on any atom is 0.278 e. The van der Waals surface area contributed by atoms with E-state index < -0.39 is 0 Å². The predicted molar refractivity (Wildman–Crippen MR) is 135 cm³/mol. The zero-order valence-electron chi connectivity index (χ0n) is 19.9. The van der Waals surface area contributed by atoms with Crippen LogP contribution < -0.4 is 16.2 Å². The predicted octanol–water partition coefficient (Wildman–Crippen LogP) is 4.30. The molecule has 4 aromatic rings. The molecule has 1 aliphatic heterocycles. The van der Waals surface area contributed by atoms with Crippen LogP contribution in [0.4, 0.5) is 11.6 Å². The second-order valence-corrected chi connectivity index (χ2v) is 9.65. The minimum atomic E-state index is -0.163. The van der Waals surface area contributed by atoms with Crippen molar-refractivity contribution in [3.05, 3.63) is 75.2 Å². The first kappa shape index (κ1) is 21.6. The van der Waals surface area contributed by atoms with E-state index in [2.05, 4.69) is 33.8 Å². The van der Waals surface area contributed by atoms with Gasteiger partial charge in [0.2, 0.25) is 5.95 Å². The average molecular weight is 466 g/mol. The van der Waals surface area contributed by atoms with Crippen LogP contribution in [0.25, 0.3) is 16.7 Å². The summed E-state index contributed by atoms with van der Waals surface area (Å²) in [6.07, 6.45) is 4.75. The summed E-state index contributed by atoms with van der Waals surface area (Å²) < 4.78 is 3.47. The van der Waals surface area contributed by atoms with E-state index in [0.717, 1.165) is 43.6 Å². The molecule has 1 fully saturated rings. The molecular weight excluding hydrogens is 438 g/mol. The lowest BCUT2D eigenvalue weighted by Crippen LogP contribution is -2.24. The van der Waals surface area contributed by atoms with Crippen LogP contribution >= 0.6 is 0 Å². The fraction of sp³-hybridized carbons (Fsp3) is 0.333. The van der Waals surface area contributed by atoms with Gasteiger partial charge in [-0.1, -0.05) is 18.2 Å². The molecule has 2 aliphatic rings. The highest BCUT2D eigenvalue weighted by atomic mass is 16.1. The van der Waals surface area contributed by atoms with Crippen molar-refractivity contribution in [2.45, 2.75) is 51.6 Å². The lowest BCUT2D eigenvalue weighted by Gasteiger charge is -2.18. The molecule has 2 N–H and O–H groups in total. The number of aromatic nitrogens is 4. The van der Waals surface area contributed by atoms with Gasteiger partial charge < -0.3 is 10.6 Å². The molecule has 6 rings (SSSR count). The molecule has 35 heavy (non-hydrogen) atoms. The van der Waals surface area contributed by atoms with Crippen LogP contribution in [-0.2, 0) is 13.0 Å². The first-order chi connectivity index (χ1) is 17.0. The van der Waals surface area contributed by atoms with E-state index in [1.54, 1.807) is 15.6 Å². The first-order valence-electron chi connectivity index (χ1n) is 12.2. The molecule has 3 heterocycles. The first-order valence-corrected chi connectivity index (χ1v) is 12.2. The molecule has 2 aromatic heterocycles. The van der Waals surface area contributed by atoms with Gasteiger partial charge in [0.15, 0.2) is 5.65 Å². The highest BCUT2D eigenvalue weighted by Crippen LogP contribution is 2.42. The number of hydrogen-bond donors (Lipinski definition) is 2. The highest BCUT2D eigenvalue weighted by molar-refractivity contribution is 5.78. The van der Waals surface area contributed by atoms with Crippen LogP contribution in [0.2, 0.25) is 0 Å². The largest absolute Gasteiger partial charge is 0.324 e. The molecule has 0 saturated heterocycles. The number of rotatable bonds is 5. The summed E-state index contributed by atoms with van der Waals surface area (Å²) in [6, 6.07) is 14.5. The van der Waals surface area contributed by atoms with Crippen LogP contribution in [0.1, 0.15) is 60.9 Å². The summed E-state index contributed by atoms with van der Waals surface area (Å²) >= 11 is 0. The maximum atomic E-state index is 13.4. The number of anilines is 2. The van der Waals surface area contributed by atoms with Crippen LogP contribution in [0.5, 0.6) is 0 Å². The number of benzene rings is 2. The van der Waals surface area contributed by atoms with E-state index in [-0.39, 0.29) is 11.6 Å². The third-order valence-electron chi connectivity index (χ3n) is 6.89. The fourth-order valence-corrected chi connectivity index (χ4v) is 5.03. The molecule has 0 amide bonds. The molecule has 8 nitrogen and oxygen atoms in total. The van der Waals surface area contributed by atoms with Gasteiger partial charge in [0, 0.05) is 24.5 Å². The Kier molecular flexibility index (Phi) is 5.15. The van der Waals surface area contributed by atoms with Crippen LogP contribution in [0, 0.1) is 11.3 Å². The van der Waals surface area contributed by atoms with Gasteiger partial charge in [0.25, 0.3) is 5.56 Å². The van der Waals surface area contributed by atoms with Gasteiger partial charge in [-0.3, -0.25) is 4.79 Å². The molecule has 0 atom stereocenters. The molecule has 0 radical (unpaired) electrons. The van der Waals surface area contributed by atoms with Crippen LogP contribution in [-0.4, -0.2) is 25.9 Å². The smallest absolute Gasteiger partial charge is 0.278 e. The Morgan fingerprint density at radius 1 is 1.20 bits per heavy atom. The van der Waals surface area contributed by atoms with E-state index in [1.807, 2.05) is 38.1 Å². The Labute approximate surface area is 203 Å². The monoisotopic (exact) mass is 465 g/mol. The van der Waals surface area contributed by atoms with Gasteiger partial charge in [-0.25, -0.2) is 14.3 Å². The fourth-order valence-electron chi connectivity index (χ4n) is 5.03. The summed E-state index contributed by atoms with van der Waals surface area (Å²) in [5.41, 5.74) is 6.20. The van der Waals surface area contributed by atoms with Crippen molar-refractivity contribution in [3.8, 4) is 11.8 Å². The van der Waals surface area contributed by atoms with Crippen molar-refractivity contribution < 1.29 is 0 Å². The molecule has 0 unspecified atom stereocenters. The Morgan fingerprint density at radius 3 is 2.83 bits per heavy atom. The summed E-state index contributed by atoms with van der Waals surface area (Å²) in [5.74, 6) is 0.828.